The maximum Gasteiger partial charge on any atom is 0.130 e. The van der Waals surface area contributed by atoms with E-state index in [1.54, 1.807) is 0 Å². The van der Waals surface area contributed by atoms with Gasteiger partial charge in [-0.1, -0.05) is 20.8 Å². The molecule has 2 nitrogen and oxygen atoms in total. The molecule has 3 heteroatoms. The van der Waals surface area contributed by atoms with Gasteiger partial charge in [0.25, 0.3) is 0 Å². The van der Waals surface area contributed by atoms with Crippen LogP contribution in [0.4, 0.5) is 0 Å². The first-order valence-corrected chi connectivity index (χ1v) is 6.23. The summed E-state index contributed by atoms with van der Waals surface area (Å²) in [6, 6.07) is 0. The summed E-state index contributed by atoms with van der Waals surface area (Å²) in [6.07, 6.45) is 4.48. The Labute approximate surface area is 112 Å². The molecule has 0 aliphatic carbocycles. The number of ether oxygens (including phenoxy) is 1. The van der Waals surface area contributed by atoms with Crippen molar-refractivity contribution in [3.8, 4) is 0 Å². The minimum Gasteiger partial charge on any atom is -1.00 e. The lowest BCUT2D eigenvalue weighted by Crippen LogP contribution is -3.00. The van der Waals surface area contributed by atoms with Crippen molar-refractivity contribution in [3.05, 3.63) is 0 Å². The second-order valence-corrected chi connectivity index (χ2v) is 4.65. The zero-order valence-corrected chi connectivity index (χ0v) is 12.6. The Kier molecular flexibility index (Phi) is 8.19. The van der Waals surface area contributed by atoms with Crippen LogP contribution in [-0.2, 0) is 4.74 Å². The second kappa shape index (κ2) is 7.85. The molecule has 15 heavy (non-hydrogen) atoms. The summed E-state index contributed by atoms with van der Waals surface area (Å²) in [6.45, 7) is 13.2. The van der Waals surface area contributed by atoms with Gasteiger partial charge in [-0.15, -0.1) is 0 Å². The molecule has 1 unspecified atom stereocenters. The molecule has 0 spiro atoms. The summed E-state index contributed by atoms with van der Waals surface area (Å²) >= 11 is 0. The highest BCUT2D eigenvalue weighted by atomic mass is 127. The van der Waals surface area contributed by atoms with E-state index in [4.69, 9.17) is 4.74 Å². The van der Waals surface area contributed by atoms with Crippen LogP contribution in [0.15, 0.2) is 0 Å². The fraction of sp³-hybridized carbons (Fsp3) is 1.00. The minimum atomic E-state index is 0. The molecule has 0 aromatic heterocycles. The van der Waals surface area contributed by atoms with E-state index in [2.05, 4.69) is 20.8 Å². The Bertz CT molecular complexity index is 143. The van der Waals surface area contributed by atoms with Crippen LogP contribution >= 0.6 is 0 Å². The van der Waals surface area contributed by atoms with Crippen LogP contribution in [0.5, 0.6) is 0 Å². The van der Waals surface area contributed by atoms with E-state index in [-0.39, 0.29) is 24.0 Å². The second-order valence-electron chi connectivity index (χ2n) is 4.65. The Morgan fingerprint density at radius 3 is 1.67 bits per heavy atom. The van der Waals surface area contributed by atoms with Gasteiger partial charge in [-0.25, -0.2) is 0 Å². The first kappa shape index (κ1) is 15.7. The number of hydrogen-bond acceptors (Lipinski definition) is 1. The van der Waals surface area contributed by atoms with Gasteiger partial charge in [0.1, 0.15) is 12.6 Å². The van der Waals surface area contributed by atoms with Gasteiger partial charge < -0.3 is 33.2 Å². The zero-order valence-electron chi connectivity index (χ0n) is 10.5. The van der Waals surface area contributed by atoms with Gasteiger partial charge in [0.15, 0.2) is 0 Å². The number of epoxide rings is 1. The number of quaternary nitrogens is 1. The standard InChI is InChI=1S/C12H26NO.HI/c1-4-7-13(8-5-2,9-6-3)10-12-11-14-12;/h12H,4-11H2,1-3H3;1H/q+1;/p-1. The molecule has 1 aliphatic rings. The maximum atomic E-state index is 5.39. The van der Waals surface area contributed by atoms with E-state index < -0.39 is 0 Å². The summed E-state index contributed by atoms with van der Waals surface area (Å²) < 4.78 is 6.69. The maximum absolute atomic E-state index is 5.39. The normalized spacial score (nSPS) is 19.8. The van der Waals surface area contributed by atoms with Crippen molar-refractivity contribution in [2.24, 2.45) is 0 Å². The highest BCUT2D eigenvalue weighted by Crippen LogP contribution is 2.19. The van der Waals surface area contributed by atoms with Gasteiger partial charge >= 0.3 is 0 Å². The van der Waals surface area contributed by atoms with Crippen LogP contribution in [0.25, 0.3) is 0 Å². The molecule has 0 aromatic carbocycles. The third kappa shape index (κ3) is 5.50. The lowest BCUT2D eigenvalue weighted by Gasteiger charge is -2.38. The molecule has 0 aromatic rings. The largest absolute Gasteiger partial charge is 1.00 e. The molecule has 1 heterocycles. The average molecular weight is 327 g/mol. The fourth-order valence-electron chi connectivity index (χ4n) is 2.64. The number of nitrogens with zero attached hydrogens (tertiary/aromatic N) is 1. The average Bonchev–Trinajstić information content (AvgIpc) is 2.89. The predicted octanol–water partition coefficient (Wildman–Crippen LogP) is -0.564. The van der Waals surface area contributed by atoms with Crippen molar-refractivity contribution >= 4 is 0 Å². The Morgan fingerprint density at radius 2 is 1.40 bits per heavy atom. The smallest absolute Gasteiger partial charge is 0.130 e. The van der Waals surface area contributed by atoms with Gasteiger partial charge in [0.2, 0.25) is 0 Å². The molecule has 1 saturated heterocycles. The van der Waals surface area contributed by atoms with Crippen molar-refractivity contribution < 1.29 is 33.2 Å². The molecule has 92 valence electrons. The number of rotatable bonds is 8. The molecular formula is C12H26INO. The summed E-state index contributed by atoms with van der Waals surface area (Å²) in [5, 5.41) is 0. The lowest BCUT2D eigenvalue weighted by molar-refractivity contribution is -0.928. The predicted molar refractivity (Wildman–Crippen MR) is 60.3 cm³/mol. The summed E-state index contributed by atoms with van der Waals surface area (Å²) in [5.74, 6) is 0. The van der Waals surface area contributed by atoms with Crippen LogP contribution < -0.4 is 24.0 Å². The lowest BCUT2D eigenvalue weighted by atomic mass is 10.2. The summed E-state index contributed by atoms with van der Waals surface area (Å²) in [7, 11) is 0. The number of halogens is 1. The highest BCUT2D eigenvalue weighted by molar-refractivity contribution is 4.68. The molecule has 0 radical (unpaired) electrons. The van der Waals surface area contributed by atoms with E-state index in [1.807, 2.05) is 0 Å². The molecular weight excluding hydrogens is 301 g/mol. The van der Waals surface area contributed by atoms with Gasteiger partial charge in [-0.3, -0.25) is 0 Å². The van der Waals surface area contributed by atoms with Crippen LogP contribution in [0, 0.1) is 0 Å². The Morgan fingerprint density at radius 1 is 1.00 bits per heavy atom. The topological polar surface area (TPSA) is 12.5 Å². The van der Waals surface area contributed by atoms with Crippen LogP contribution in [0.2, 0.25) is 0 Å². The van der Waals surface area contributed by atoms with Crippen molar-refractivity contribution in [2.75, 3.05) is 32.8 Å². The molecule has 0 N–H and O–H groups in total. The first-order chi connectivity index (χ1) is 6.76. The number of hydrogen-bond donors (Lipinski definition) is 0. The monoisotopic (exact) mass is 327 g/mol. The van der Waals surface area contributed by atoms with Crippen molar-refractivity contribution in [1.29, 1.82) is 0 Å². The summed E-state index contributed by atoms with van der Waals surface area (Å²) in [4.78, 5) is 0. The molecule has 1 rings (SSSR count). The van der Waals surface area contributed by atoms with Gasteiger partial charge in [0.05, 0.1) is 26.2 Å². The van der Waals surface area contributed by atoms with E-state index in [0.717, 1.165) is 6.61 Å². The minimum absolute atomic E-state index is 0. The Balaban J connectivity index is 0.00000196. The molecule has 0 bridgehead atoms. The van der Waals surface area contributed by atoms with E-state index in [1.165, 1.54) is 49.9 Å². The third-order valence-corrected chi connectivity index (χ3v) is 3.09. The third-order valence-electron chi connectivity index (χ3n) is 3.09. The highest BCUT2D eigenvalue weighted by Gasteiger charge is 2.35. The first-order valence-electron chi connectivity index (χ1n) is 6.23. The van der Waals surface area contributed by atoms with Crippen LogP contribution in [0.3, 0.4) is 0 Å². The van der Waals surface area contributed by atoms with Gasteiger partial charge in [-0.05, 0) is 19.3 Å². The van der Waals surface area contributed by atoms with E-state index in [9.17, 15) is 0 Å². The molecule has 0 amide bonds. The molecule has 1 fully saturated rings. The Hall–Kier alpha value is 0.650. The quantitative estimate of drug-likeness (QED) is 0.331. The van der Waals surface area contributed by atoms with E-state index in [0.29, 0.717) is 6.10 Å². The van der Waals surface area contributed by atoms with Crippen molar-refractivity contribution in [2.45, 2.75) is 46.1 Å². The van der Waals surface area contributed by atoms with Gasteiger partial charge in [-0.2, -0.15) is 0 Å². The SMILES string of the molecule is CCC[N+](CCC)(CCC)CC1CO1.[I-]. The molecule has 1 aliphatic heterocycles. The van der Waals surface area contributed by atoms with Crippen molar-refractivity contribution in [3.63, 3.8) is 0 Å². The van der Waals surface area contributed by atoms with Gasteiger partial charge in [0, 0.05) is 0 Å². The molecule has 0 saturated carbocycles. The van der Waals surface area contributed by atoms with Crippen LogP contribution in [0.1, 0.15) is 40.0 Å². The van der Waals surface area contributed by atoms with E-state index >= 15 is 0 Å². The fourth-order valence-corrected chi connectivity index (χ4v) is 2.64. The van der Waals surface area contributed by atoms with Crippen molar-refractivity contribution in [1.82, 2.24) is 0 Å². The zero-order chi connectivity index (χ0) is 10.4. The molecule has 1 atom stereocenters. The summed E-state index contributed by atoms with van der Waals surface area (Å²) in [5.41, 5.74) is 0. The van der Waals surface area contributed by atoms with Crippen LogP contribution in [-0.4, -0.2) is 43.4 Å².